The molecule has 0 atom stereocenters. The van der Waals surface area contributed by atoms with Crippen LogP contribution in [-0.4, -0.2) is 12.5 Å². The summed E-state index contributed by atoms with van der Waals surface area (Å²) in [5.74, 6) is 0.209. The van der Waals surface area contributed by atoms with E-state index in [1.165, 1.54) is 12.8 Å². The summed E-state index contributed by atoms with van der Waals surface area (Å²) in [7, 11) is 0. The van der Waals surface area contributed by atoms with Crippen molar-refractivity contribution in [3.8, 4) is 0 Å². The highest BCUT2D eigenvalue weighted by molar-refractivity contribution is 5.75. The molecule has 0 aliphatic carbocycles. The molecule has 1 N–H and O–H groups in total. The largest absolute Gasteiger partial charge is 0.356 e. The lowest BCUT2D eigenvalue weighted by atomic mass is 10.2. The zero-order valence-corrected chi connectivity index (χ0v) is 15.6. The van der Waals surface area contributed by atoms with Crippen LogP contribution in [0.15, 0.2) is 0 Å². The first-order valence-corrected chi connectivity index (χ1v) is 6.00. The lowest BCUT2D eigenvalue weighted by molar-refractivity contribution is -0.121. The fourth-order valence-electron chi connectivity index (χ4n) is 0.888. The molecule has 0 aromatic rings. The average molecular weight is 557 g/mol. The first kappa shape index (κ1) is 77.9. The number of hydrogen-bond acceptors (Lipinski definition) is 1. The number of carbonyl (C=O) groups excluding carboxylic acids is 1. The third-order valence-corrected chi connectivity index (χ3v) is 1.58. The molecule has 0 aromatic heterocycles. The fourth-order valence-corrected chi connectivity index (χ4v) is 0.888. The van der Waals surface area contributed by atoms with Crippen LogP contribution in [-0.2, 0) is 4.79 Å². The highest BCUT2D eigenvalue weighted by Gasteiger charge is 1.97. The van der Waals surface area contributed by atoms with Crippen LogP contribution in [0.4, 0.5) is 96.2 Å². The van der Waals surface area contributed by atoms with Gasteiger partial charge in [-0.1, -0.05) is 26.7 Å². The van der Waals surface area contributed by atoms with Gasteiger partial charge in [0.05, 0.1) is 0 Å². The van der Waals surface area contributed by atoms with Gasteiger partial charge in [-0.05, 0) is 12.8 Å². The fraction of sp³-hybridized carbons (Fsp3) is 0.889. The molecule has 0 aromatic carbocycles. The van der Waals surface area contributed by atoms with Crippen LogP contribution < -0.4 is 5.32 Å². The summed E-state index contributed by atoms with van der Waals surface area (Å²) in [4.78, 5) is 11.0. The van der Waals surface area contributed by atoms with Crippen molar-refractivity contribution in [1.29, 1.82) is 0 Å². The van der Waals surface area contributed by atoms with Gasteiger partial charge in [-0.2, -0.15) is 0 Å². The second-order valence-corrected chi connectivity index (χ2v) is 2.81. The molecule has 214 valence electrons. The minimum Gasteiger partial charge on any atom is -0.356 e. The standard InChI is InChI=1S/C9H19NO.10F2.FH/c1-3-5-6-7-9(11)10-8-4-2;10*1-2;/h3-8H2,1-2H3,(H,10,11);;;;;;;;;;;1H. The number of unbranched alkanes of at least 4 members (excludes halogenated alkanes) is 2. The van der Waals surface area contributed by atoms with Crippen molar-refractivity contribution < 1.29 is 101 Å². The predicted octanol–water partition coefficient (Wildman–Crippen LogP) is 10.6. The molecule has 32 heavy (non-hydrogen) atoms. The van der Waals surface area contributed by atoms with Gasteiger partial charge in [-0.25, -0.2) is 0 Å². The number of nitrogens with one attached hydrogen (secondary N) is 1. The average Bonchev–Trinajstić information content (AvgIpc) is 2.94. The molecule has 2 nitrogen and oxygen atoms in total. The van der Waals surface area contributed by atoms with Crippen molar-refractivity contribution in [3.05, 3.63) is 0 Å². The molecule has 23 heteroatoms. The van der Waals surface area contributed by atoms with Crippen LogP contribution in [0.2, 0.25) is 0 Å². The summed E-state index contributed by atoms with van der Waals surface area (Å²) in [6.45, 7) is 5.03. The van der Waals surface area contributed by atoms with E-state index in [-0.39, 0.29) is 10.6 Å². The molecule has 0 rings (SSSR count). The summed E-state index contributed by atoms with van der Waals surface area (Å²) in [5, 5.41) is 2.85. The minimum atomic E-state index is 0. The quantitative estimate of drug-likeness (QED) is 0.256. The molecule has 1 amide bonds. The molecule has 0 aliphatic rings. The minimum absolute atomic E-state index is 0. The lowest BCUT2D eigenvalue weighted by Crippen LogP contribution is -2.23. The van der Waals surface area contributed by atoms with Crippen LogP contribution in [0.1, 0.15) is 46.0 Å². The summed E-state index contributed by atoms with van der Waals surface area (Å²) in [6.07, 6.45) is 5.11. The Hall–Kier alpha value is -2.00. The summed E-state index contributed by atoms with van der Waals surface area (Å²) in [5.41, 5.74) is 0. The molecule has 0 bridgehead atoms. The first-order valence-electron chi connectivity index (χ1n) is 6.00. The van der Waals surface area contributed by atoms with E-state index in [1.807, 2.05) is 0 Å². The summed E-state index contributed by atoms with van der Waals surface area (Å²) >= 11 is 0. The van der Waals surface area contributed by atoms with Crippen LogP contribution in [0.3, 0.4) is 0 Å². The maximum Gasteiger partial charge on any atom is 0.219 e. The normalized spacial score (nSPS) is 5.19. The maximum atomic E-state index is 11.0. The van der Waals surface area contributed by atoms with Crippen molar-refractivity contribution in [2.75, 3.05) is 6.54 Å². The molecule has 0 saturated heterocycles. The number of hydrogen-bond donors (Lipinski definition) is 1. The number of halogens is 21. The molecular weight excluding hydrogens is 537 g/mol. The van der Waals surface area contributed by atoms with Gasteiger partial charge in [0.25, 0.3) is 0 Å². The van der Waals surface area contributed by atoms with Crippen molar-refractivity contribution in [3.63, 3.8) is 0 Å². The van der Waals surface area contributed by atoms with E-state index in [4.69, 9.17) is 91.5 Å². The Bertz CT molecular complexity index is 131. The highest BCUT2D eigenvalue weighted by atomic mass is 20.0. The van der Waals surface area contributed by atoms with Gasteiger partial charge in [-0.15, -0.1) is 0 Å². The Morgan fingerprint density at radius 1 is 0.500 bits per heavy atom. The molecule has 0 aliphatic heterocycles. The second kappa shape index (κ2) is 355. The van der Waals surface area contributed by atoms with Crippen molar-refractivity contribution in [2.45, 2.75) is 46.0 Å². The van der Waals surface area contributed by atoms with Crippen LogP contribution in [0.25, 0.3) is 0 Å². The van der Waals surface area contributed by atoms with Crippen LogP contribution >= 0.6 is 0 Å². The Labute approximate surface area is 166 Å². The molecule has 0 fully saturated rings. The van der Waals surface area contributed by atoms with Gasteiger partial charge in [0, 0.05) is 104 Å². The van der Waals surface area contributed by atoms with Gasteiger partial charge < -0.3 is 5.32 Å². The van der Waals surface area contributed by atoms with E-state index in [2.05, 4.69) is 19.2 Å². The van der Waals surface area contributed by atoms with Crippen molar-refractivity contribution >= 4 is 5.91 Å². The molecular formula is C9H20F21NO. The van der Waals surface area contributed by atoms with E-state index >= 15 is 0 Å². The second-order valence-electron chi connectivity index (χ2n) is 2.81. The first-order chi connectivity index (χ1) is 15.3. The van der Waals surface area contributed by atoms with E-state index in [0.29, 0.717) is 6.42 Å². The predicted molar refractivity (Wildman–Crippen MR) is 72.1 cm³/mol. The van der Waals surface area contributed by atoms with Crippen LogP contribution in [0.5, 0.6) is 0 Å². The Morgan fingerprint density at radius 3 is 0.938 bits per heavy atom. The Morgan fingerprint density at radius 2 is 0.750 bits per heavy atom. The summed E-state index contributed by atoms with van der Waals surface area (Å²) in [6, 6.07) is 0. The maximum absolute atomic E-state index is 11.0. The Kier molecular flexibility index (Phi) is 864. The molecule has 0 spiro atoms. The molecule has 0 heterocycles. The molecule has 0 unspecified atom stereocenters. The van der Waals surface area contributed by atoms with Gasteiger partial charge in [-0.3, -0.25) is 9.50 Å². The van der Waals surface area contributed by atoms with Crippen LogP contribution in [0, 0.1) is 0 Å². The van der Waals surface area contributed by atoms with Gasteiger partial charge in [0.1, 0.15) is 0 Å². The third-order valence-electron chi connectivity index (χ3n) is 1.58. The van der Waals surface area contributed by atoms with E-state index in [9.17, 15) is 4.79 Å². The smallest absolute Gasteiger partial charge is 0.219 e. The molecule has 0 saturated carbocycles. The Balaban J connectivity index is -0.0000000162. The monoisotopic (exact) mass is 557 g/mol. The SMILES string of the molecule is CCCCCC(=O)NCCC.F.FF.FF.FF.FF.FF.FF.FF.FF.FF.FF. The zero-order valence-electron chi connectivity index (χ0n) is 15.6. The summed E-state index contributed by atoms with van der Waals surface area (Å²) < 4.78 is 160. The van der Waals surface area contributed by atoms with E-state index in [0.717, 1.165) is 19.4 Å². The van der Waals surface area contributed by atoms with Gasteiger partial charge in [0.15, 0.2) is 0 Å². The van der Waals surface area contributed by atoms with E-state index < -0.39 is 0 Å². The number of amides is 1. The lowest BCUT2D eigenvalue weighted by Gasteiger charge is -2.01. The third kappa shape index (κ3) is 417. The number of carbonyl (C=O) groups is 1. The topological polar surface area (TPSA) is 29.1 Å². The van der Waals surface area contributed by atoms with Gasteiger partial charge >= 0.3 is 0 Å². The van der Waals surface area contributed by atoms with Crippen molar-refractivity contribution in [1.82, 2.24) is 5.32 Å². The highest BCUT2D eigenvalue weighted by Crippen LogP contribution is 1.97. The number of rotatable bonds is 6. The van der Waals surface area contributed by atoms with E-state index in [1.54, 1.807) is 0 Å². The van der Waals surface area contributed by atoms with Crippen molar-refractivity contribution in [2.24, 2.45) is 0 Å². The zero-order chi connectivity index (χ0) is 28.5. The van der Waals surface area contributed by atoms with Gasteiger partial charge in [0.2, 0.25) is 5.91 Å². The molecule has 0 radical (unpaired) electrons.